The first-order chi connectivity index (χ1) is 11.7. The van der Waals surface area contributed by atoms with Crippen LogP contribution in [0, 0.1) is 6.92 Å². The van der Waals surface area contributed by atoms with E-state index in [9.17, 15) is 13.2 Å². The summed E-state index contributed by atoms with van der Waals surface area (Å²) in [6.07, 6.45) is 0.362. The minimum Gasteiger partial charge on any atom is -0.311 e. The summed E-state index contributed by atoms with van der Waals surface area (Å²) in [5.74, 6) is 0.302. The number of aryl methyl sites for hydroxylation is 1. The van der Waals surface area contributed by atoms with Crippen molar-refractivity contribution in [2.24, 2.45) is 0 Å². The molecule has 1 aromatic carbocycles. The van der Waals surface area contributed by atoms with Gasteiger partial charge in [-0.05, 0) is 51.5 Å². The van der Waals surface area contributed by atoms with Crippen molar-refractivity contribution in [1.29, 1.82) is 0 Å². The van der Waals surface area contributed by atoms with Gasteiger partial charge in [0.25, 0.3) is 0 Å². The molecule has 0 unspecified atom stereocenters. The van der Waals surface area contributed by atoms with Crippen LogP contribution in [0.3, 0.4) is 0 Å². The number of anilines is 1. The molecular weight excluding hydrogens is 362 g/mol. The van der Waals surface area contributed by atoms with E-state index in [0.29, 0.717) is 10.8 Å². The zero-order valence-electron chi connectivity index (χ0n) is 14.5. The van der Waals surface area contributed by atoms with Gasteiger partial charge in [-0.2, -0.15) is 5.10 Å². The molecule has 8 heteroatoms. The zero-order chi connectivity index (χ0) is 18.6. The minimum atomic E-state index is -3.42. The molecule has 0 radical (unpaired) electrons. The first kappa shape index (κ1) is 19.5. The Bertz CT molecular complexity index is 843. The molecule has 0 fully saturated rings. The van der Waals surface area contributed by atoms with Crippen LogP contribution in [-0.2, 0) is 14.6 Å². The lowest BCUT2D eigenvalue weighted by Crippen LogP contribution is -2.17. The maximum Gasteiger partial charge on any atom is 0.225 e. The first-order valence-electron chi connectivity index (χ1n) is 8.03. The summed E-state index contributed by atoms with van der Waals surface area (Å²) in [4.78, 5) is 12.3. The van der Waals surface area contributed by atoms with Gasteiger partial charge in [0.2, 0.25) is 5.91 Å². The Balaban J connectivity index is 1.91. The van der Waals surface area contributed by atoms with Gasteiger partial charge < -0.3 is 5.32 Å². The fraction of sp³-hybridized carbons (Fsp3) is 0.412. The zero-order valence-corrected chi connectivity index (χ0v) is 16.1. The number of benzene rings is 1. The lowest BCUT2D eigenvalue weighted by Gasteiger charge is -2.11. The minimum absolute atomic E-state index is 0.0927. The lowest BCUT2D eigenvalue weighted by atomic mass is 10.3. The Morgan fingerprint density at radius 3 is 2.52 bits per heavy atom. The highest BCUT2D eigenvalue weighted by Gasteiger charge is 2.16. The summed E-state index contributed by atoms with van der Waals surface area (Å²) < 4.78 is 26.2. The highest BCUT2D eigenvalue weighted by atomic mass is 35.5. The number of nitrogens with zero attached hydrogens (tertiary/aromatic N) is 2. The third kappa shape index (κ3) is 5.31. The second kappa shape index (κ2) is 8.01. The topological polar surface area (TPSA) is 81.1 Å². The third-order valence-electron chi connectivity index (χ3n) is 3.60. The van der Waals surface area contributed by atoms with Gasteiger partial charge in [-0.25, -0.2) is 13.1 Å². The van der Waals surface area contributed by atoms with Gasteiger partial charge >= 0.3 is 0 Å². The van der Waals surface area contributed by atoms with E-state index in [2.05, 4.69) is 10.4 Å². The maximum absolute atomic E-state index is 12.2. The van der Waals surface area contributed by atoms with Crippen molar-refractivity contribution in [1.82, 2.24) is 9.78 Å². The van der Waals surface area contributed by atoms with E-state index in [0.717, 1.165) is 5.69 Å². The number of aromatic nitrogens is 2. The van der Waals surface area contributed by atoms with E-state index in [4.69, 9.17) is 11.6 Å². The molecule has 0 aliphatic carbocycles. The van der Waals surface area contributed by atoms with E-state index in [1.165, 1.54) is 24.3 Å². The highest BCUT2D eigenvalue weighted by molar-refractivity contribution is 7.91. The molecule has 2 aromatic rings. The van der Waals surface area contributed by atoms with E-state index in [1.807, 2.05) is 20.8 Å². The molecule has 25 heavy (non-hydrogen) atoms. The van der Waals surface area contributed by atoms with E-state index < -0.39 is 9.84 Å². The molecule has 0 aliphatic heterocycles. The maximum atomic E-state index is 12.2. The number of sulfone groups is 1. The van der Waals surface area contributed by atoms with Crippen molar-refractivity contribution in [3.05, 3.63) is 41.0 Å². The molecule has 1 aromatic heterocycles. The monoisotopic (exact) mass is 383 g/mol. The second-order valence-corrected chi connectivity index (χ2v) is 8.68. The van der Waals surface area contributed by atoms with Crippen molar-refractivity contribution in [2.75, 3.05) is 11.1 Å². The standard InChI is InChI=1S/C17H22ClN3O3S/c1-12(2)21-16(11-13(3)20-21)19-17(22)5-4-10-25(23,24)15-8-6-14(18)7-9-15/h6-9,11-12H,4-5,10H2,1-3H3,(H,19,22). The summed E-state index contributed by atoms with van der Waals surface area (Å²) in [6, 6.07) is 7.94. The average Bonchev–Trinajstić information content (AvgIpc) is 2.88. The summed E-state index contributed by atoms with van der Waals surface area (Å²) >= 11 is 5.77. The molecular formula is C17H22ClN3O3S. The molecule has 0 spiro atoms. The van der Waals surface area contributed by atoms with Gasteiger partial charge in [0.05, 0.1) is 16.3 Å². The molecule has 0 atom stereocenters. The molecule has 1 amide bonds. The molecule has 136 valence electrons. The van der Waals surface area contributed by atoms with E-state index in [1.54, 1.807) is 10.7 Å². The molecule has 0 bridgehead atoms. The Morgan fingerprint density at radius 2 is 1.92 bits per heavy atom. The number of halogens is 1. The van der Waals surface area contributed by atoms with Crippen LogP contribution in [0.2, 0.25) is 5.02 Å². The van der Waals surface area contributed by atoms with E-state index in [-0.39, 0.29) is 35.4 Å². The normalized spacial score (nSPS) is 11.7. The molecule has 0 aliphatic rings. The Labute approximate surface area is 153 Å². The number of carbonyl (C=O) groups excluding carboxylic acids is 1. The Hall–Kier alpha value is -1.86. The van der Waals surface area contributed by atoms with Crippen LogP contribution >= 0.6 is 11.6 Å². The van der Waals surface area contributed by atoms with Gasteiger partial charge in [0.1, 0.15) is 5.82 Å². The Kier molecular flexibility index (Phi) is 6.24. The van der Waals surface area contributed by atoms with Crippen molar-refractivity contribution in [3.63, 3.8) is 0 Å². The van der Waals surface area contributed by atoms with Gasteiger partial charge in [-0.1, -0.05) is 11.6 Å². The van der Waals surface area contributed by atoms with Crippen molar-refractivity contribution in [2.45, 2.75) is 44.6 Å². The third-order valence-corrected chi connectivity index (χ3v) is 5.67. The van der Waals surface area contributed by atoms with Crippen LogP contribution in [0.4, 0.5) is 5.82 Å². The predicted molar refractivity (Wildman–Crippen MR) is 98.7 cm³/mol. The van der Waals surface area contributed by atoms with Crippen LogP contribution in [0.1, 0.15) is 38.4 Å². The lowest BCUT2D eigenvalue weighted by molar-refractivity contribution is -0.116. The highest BCUT2D eigenvalue weighted by Crippen LogP contribution is 2.18. The largest absolute Gasteiger partial charge is 0.311 e. The van der Waals surface area contributed by atoms with Crippen molar-refractivity contribution in [3.8, 4) is 0 Å². The van der Waals surface area contributed by atoms with Crippen molar-refractivity contribution >= 4 is 33.2 Å². The molecule has 0 saturated carbocycles. The summed E-state index contributed by atoms with van der Waals surface area (Å²) in [5, 5.41) is 7.60. The molecule has 1 heterocycles. The fourth-order valence-electron chi connectivity index (χ4n) is 2.39. The average molecular weight is 384 g/mol. The number of hydrogen-bond donors (Lipinski definition) is 1. The quantitative estimate of drug-likeness (QED) is 0.791. The summed E-state index contributed by atoms with van der Waals surface area (Å²) in [5.41, 5.74) is 0.814. The van der Waals surface area contributed by atoms with Crippen LogP contribution in [0.15, 0.2) is 35.2 Å². The predicted octanol–water partition coefficient (Wildman–Crippen LogP) is 3.62. The molecule has 6 nitrogen and oxygen atoms in total. The van der Waals surface area contributed by atoms with E-state index >= 15 is 0 Å². The number of nitrogens with one attached hydrogen (secondary N) is 1. The van der Waals surface area contributed by atoms with Gasteiger partial charge in [-0.3, -0.25) is 4.79 Å². The number of rotatable bonds is 7. The summed E-state index contributed by atoms with van der Waals surface area (Å²) in [6.45, 7) is 5.80. The van der Waals surface area contributed by atoms with Gasteiger partial charge in [0, 0.05) is 23.6 Å². The van der Waals surface area contributed by atoms with Gasteiger partial charge in [-0.15, -0.1) is 0 Å². The fourth-order valence-corrected chi connectivity index (χ4v) is 3.83. The molecule has 0 saturated heterocycles. The number of amides is 1. The Morgan fingerprint density at radius 1 is 1.28 bits per heavy atom. The SMILES string of the molecule is Cc1cc(NC(=O)CCCS(=O)(=O)c2ccc(Cl)cc2)n(C(C)C)n1. The number of hydrogen-bond acceptors (Lipinski definition) is 4. The summed E-state index contributed by atoms with van der Waals surface area (Å²) in [7, 11) is -3.42. The molecule has 1 N–H and O–H groups in total. The van der Waals surface area contributed by atoms with Crippen LogP contribution in [-0.4, -0.2) is 29.9 Å². The number of carbonyl (C=O) groups is 1. The molecule has 2 rings (SSSR count). The second-order valence-electron chi connectivity index (χ2n) is 6.13. The van der Waals surface area contributed by atoms with Gasteiger partial charge in [0.15, 0.2) is 9.84 Å². The first-order valence-corrected chi connectivity index (χ1v) is 10.1. The van der Waals surface area contributed by atoms with Crippen LogP contribution in [0.25, 0.3) is 0 Å². The van der Waals surface area contributed by atoms with Crippen LogP contribution in [0.5, 0.6) is 0 Å². The van der Waals surface area contributed by atoms with Crippen molar-refractivity contribution < 1.29 is 13.2 Å². The van der Waals surface area contributed by atoms with Crippen LogP contribution < -0.4 is 5.32 Å². The smallest absolute Gasteiger partial charge is 0.225 e.